The van der Waals surface area contributed by atoms with Crippen LogP contribution in [0.25, 0.3) is 22.3 Å². The molecule has 3 rings (SSSR count). The number of nitrogens with zero attached hydrogens (tertiary/aromatic N) is 2. The molecule has 2 aromatic heterocycles. The van der Waals surface area contributed by atoms with Crippen LogP contribution in [0.15, 0.2) is 48.7 Å². The molecule has 5 heteroatoms. The van der Waals surface area contributed by atoms with E-state index in [1.54, 1.807) is 18.3 Å². The van der Waals surface area contributed by atoms with Gasteiger partial charge in [0.15, 0.2) is 0 Å². The van der Waals surface area contributed by atoms with Gasteiger partial charge in [0.25, 0.3) is 0 Å². The second-order valence-corrected chi connectivity index (χ2v) is 4.77. The fraction of sp³-hybridized carbons (Fsp3) is 0.125. The van der Waals surface area contributed by atoms with Gasteiger partial charge in [0, 0.05) is 11.6 Å². The van der Waals surface area contributed by atoms with Crippen molar-refractivity contribution in [3.8, 4) is 11.4 Å². The predicted octanol–water partition coefficient (Wildman–Crippen LogP) is 4.62. The number of aryl methyl sites for hydroxylation is 1. The van der Waals surface area contributed by atoms with E-state index in [1.165, 1.54) is 6.07 Å². The van der Waals surface area contributed by atoms with Crippen LogP contribution in [0.5, 0.6) is 0 Å². The normalized spacial score (nSPS) is 11.8. The van der Waals surface area contributed by atoms with Crippen LogP contribution >= 0.6 is 0 Å². The minimum absolute atomic E-state index is 0.460. The fourth-order valence-electron chi connectivity index (χ4n) is 2.19. The Balaban J connectivity index is 2.12. The first kappa shape index (κ1) is 13.5. The zero-order chi connectivity index (χ0) is 15.0. The highest BCUT2D eigenvalue weighted by atomic mass is 19.4. The van der Waals surface area contributed by atoms with Gasteiger partial charge in [-0.15, -0.1) is 0 Å². The van der Waals surface area contributed by atoms with Crippen LogP contribution < -0.4 is 0 Å². The molecule has 0 aliphatic heterocycles. The summed E-state index contributed by atoms with van der Waals surface area (Å²) in [5, 5.41) is 0.460. The second-order valence-electron chi connectivity index (χ2n) is 4.77. The van der Waals surface area contributed by atoms with E-state index in [2.05, 4.69) is 9.97 Å². The van der Waals surface area contributed by atoms with Gasteiger partial charge >= 0.3 is 6.18 Å². The summed E-state index contributed by atoms with van der Waals surface area (Å²) in [5.74, 6) is 0. The Kier molecular flexibility index (Phi) is 3.12. The fourth-order valence-corrected chi connectivity index (χ4v) is 2.19. The van der Waals surface area contributed by atoms with E-state index in [4.69, 9.17) is 0 Å². The van der Waals surface area contributed by atoms with Crippen molar-refractivity contribution in [3.05, 3.63) is 59.8 Å². The molecule has 3 aromatic rings. The number of aromatic nitrogens is 2. The quantitative estimate of drug-likeness (QED) is 0.652. The van der Waals surface area contributed by atoms with Crippen molar-refractivity contribution in [2.75, 3.05) is 0 Å². The average Bonchev–Trinajstić information content (AvgIpc) is 2.46. The first-order chi connectivity index (χ1) is 9.95. The molecule has 0 saturated heterocycles. The van der Waals surface area contributed by atoms with Gasteiger partial charge < -0.3 is 0 Å². The van der Waals surface area contributed by atoms with Gasteiger partial charge in [0.1, 0.15) is 0 Å². The maximum Gasteiger partial charge on any atom is 0.416 e. The molecule has 0 bridgehead atoms. The van der Waals surface area contributed by atoms with Crippen molar-refractivity contribution < 1.29 is 13.2 Å². The van der Waals surface area contributed by atoms with Crippen LogP contribution in [0.1, 0.15) is 11.1 Å². The Hall–Kier alpha value is -2.43. The lowest BCUT2D eigenvalue weighted by Gasteiger charge is -2.09. The number of pyridine rings is 2. The van der Waals surface area contributed by atoms with E-state index in [9.17, 15) is 13.2 Å². The van der Waals surface area contributed by atoms with Crippen molar-refractivity contribution in [2.45, 2.75) is 13.1 Å². The Morgan fingerprint density at radius 3 is 2.52 bits per heavy atom. The zero-order valence-corrected chi connectivity index (χ0v) is 11.1. The van der Waals surface area contributed by atoms with Gasteiger partial charge in [-0.05, 0) is 42.8 Å². The molecule has 0 fully saturated rings. The monoisotopic (exact) mass is 288 g/mol. The van der Waals surface area contributed by atoms with Crippen LogP contribution in [0.2, 0.25) is 0 Å². The minimum Gasteiger partial charge on any atom is -0.254 e. The van der Waals surface area contributed by atoms with E-state index in [-0.39, 0.29) is 0 Å². The molecule has 2 nitrogen and oxygen atoms in total. The maximum absolute atomic E-state index is 12.7. The molecule has 21 heavy (non-hydrogen) atoms. The summed E-state index contributed by atoms with van der Waals surface area (Å²) in [6, 6.07) is 10.6. The molecular formula is C16H11F3N2. The lowest BCUT2D eigenvalue weighted by atomic mass is 10.1. The first-order valence-corrected chi connectivity index (χ1v) is 6.35. The van der Waals surface area contributed by atoms with Gasteiger partial charge in [0.2, 0.25) is 0 Å². The third-order valence-corrected chi connectivity index (χ3v) is 3.27. The van der Waals surface area contributed by atoms with Crippen LogP contribution in [0.4, 0.5) is 13.2 Å². The third-order valence-electron chi connectivity index (χ3n) is 3.27. The lowest BCUT2D eigenvalue weighted by Crippen LogP contribution is -2.04. The topological polar surface area (TPSA) is 25.8 Å². The molecule has 0 atom stereocenters. The number of rotatable bonds is 1. The standard InChI is InChI=1S/C16H11F3N2/c1-10-3-2-8-20-15(10)14-6-4-11-9-12(16(17,18)19)5-7-13(11)21-14/h2-9H,1H3. The number of fused-ring (bicyclic) bond motifs is 1. The van der Waals surface area contributed by atoms with Crippen LogP contribution in [0.3, 0.4) is 0 Å². The van der Waals surface area contributed by atoms with Crippen molar-refractivity contribution in [3.63, 3.8) is 0 Å². The Bertz CT molecular complexity index is 810. The second kappa shape index (κ2) is 4.84. The summed E-state index contributed by atoms with van der Waals surface area (Å²) in [5.41, 5.74) is 2.21. The Morgan fingerprint density at radius 2 is 1.81 bits per heavy atom. The molecule has 0 spiro atoms. The maximum atomic E-state index is 12.7. The number of alkyl halides is 3. The molecule has 0 amide bonds. The van der Waals surface area contributed by atoms with Crippen molar-refractivity contribution in [1.82, 2.24) is 9.97 Å². The molecule has 0 radical (unpaired) electrons. The van der Waals surface area contributed by atoms with Crippen molar-refractivity contribution >= 4 is 10.9 Å². The molecule has 0 aliphatic rings. The Labute approximate surface area is 119 Å². The summed E-state index contributed by atoms with van der Waals surface area (Å²) in [6.07, 6.45) is -2.68. The van der Waals surface area contributed by atoms with E-state index in [0.717, 1.165) is 23.4 Å². The van der Waals surface area contributed by atoms with E-state index >= 15 is 0 Å². The lowest BCUT2D eigenvalue weighted by molar-refractivity contribution is -0.137. The highest BCUT2D eigenvalue weighted by Gasteiger charge is 2.30. The van der Waals surface area contributed by atoms with E-state index in [1.807, 2.05) is 19.1 Å². The molecule has 106 valence electrons. The van der Waals surface area contributed by atoms with Gasteiger partial charge in [-0.1, -0.05) is 12.1 Å². The number of hydrogen-bond donors (Lipinski definition) is 0. The number of benzene rings is 1. The number of hydrogen-bond acceptors (Lipinski definition) is 2. The van der Waals surface area contributed by atoms with Gasteiger partial charge in [-0.25, -0.2) is 4.98 Å². The zero-order valence-electron chi connectivity index (χ0n) is 11.1. The minimum atomic E-state index is -4.34. The van der Waals surface area contributed by atoms with Crippen molar-refractivity contribution in [1.29, 1.82) is 0 Å². The smallest absolute Gasteiger partial charge is 0.254 e. The average molecular weight is 288 g/mol. The summed E-state index contributed by atoms with van der Waals surface area (Å²) < 4.78 is 38.0. The number of halogens is 3. The van der Waals surface area contributed by atoms with Gasteiger partial charge in [-0.2, -0.15) is 13.2 Å². The highest BCUT2D eigenvalue weighted by Crippen LogP contribution is 2.31. The SMILES string of the molecule is Cc1cccnc1-c1ccc2cc(C(F)(F)F)ccc2n1. The van der Waals surface area contributed by atoms with Crippen molar-refractivity contribution in [2.24, 2.45) is 0 Å². The Morgan fingerprint density at radius 1 is 1.00 bits per heavy atom. The largest absolute Gasteiger partial charge is 0.416 e. The van der Waals surface area contributed by atoms with Crippen LogP contribution in [-0.2, 0) is 6.18 Å². The molecule has 0 aliphatic carbocycles. The van der Waals surface area contributed by atoms with Crippen LogP contribution in [0, 0.1) is 6.92 Å². The van der Waals surface area contributed by atoms with Gasteiger partial charge in [0.05, 0.1) is 22.5 Å². The van der Waals surface area contributed by atoms with Crippen LogP contribution in [-0.4, -0.2) is 9.97 Å². The summed E-state index contributed by atoms with van der Waals surface area (Å²) in [7, 11) is 0. The highest BCUT2D eigenvalue weighted by molar-refractivity contribution is 5.82. The first-order valence-electron chi connectivity index (χ1n) is 6.35. The molecule has 1 aromatic carbocycles. The summed E-state index contributed by atoms with van der Waals surface area (Å²) in [4.78, 5) is 8.67. The molecule has 0 saturated carbocycles. The summed E-state index contributed by atoms with van der Waals surface area (Å²) >= 11 is 0. The van der Waals surface area contributed by atoms with E-state index < -0.39 is 11.7 Å². The molecule has 0 N–H and O–H groups in total. The molecular weight excluding hydrogens is 277 g/mol. The molecule has 2 heterocycles. The summed E-state index contributed by atoms with van der Waals surface area (Å²) in [6.45, 7) is 1.92. The van der Waals surface area contributed by atoms with Gasteiger partial charge in [-0.3, -0.25) is 4.98 Å². The molecule has 0 unspecified atom stereocenters. The van der Waals surface area contributed by atoms with E-state index in [0.29, 0.717) is 16.6 Å². The predicted molar refractivity (Wildman–Crippen MR) is 74.7 cm³/mol. The third kappa shape index (κ3) is 2.59.